The Morgan fingerprint density at radius 3 is 2.70 bits per heavy atom. The summed E-state index contributed by atoms with van der Waals surface area (Å²) in [7, 11) is 0. The molecular weight excluding hydrogens is 362 g/mol. The lowest BCUT2D eigenvalue weighted by atomic mass is 9.92. The minimum absolute atomic E-state index is 0. The molecule has 1 fully saturated rings. The second kappa shape index (κ2) is 10.1. The predicted octanol–water partition coefficient (Wildman–Crippen LogP) is 2.52. The van der Waals surface area contributed by atoms with Crippen molar-refractivity contribution >= 4 is 24.2 Å². The monoisotopic (exact) mass is 393 g/mol. The van der Waals surface area contributed by atoms with Crippen molar-refractivity contribution in [1.29, 1.82) is 0 Å². The average Bonchev–Trinajstić information content (AvgIpc) is 3.19. The van der Waals surface area contributed by atoms with Crippen molar-refractivity contribution < 1.29 is 9.59 Å². The fourth-order valence-electron chi connectivity index (χ4n) is 3.92. The third-order valence-corrected chi connectivity index (χ3v) is 5.88. The van der Waals surface area contributed by atoms with Gasteiger partial charge in [0.1, 0.15) is 6.04 Å². The summed E-state index contributed by atoms with van der Waals surface area (Å²) in [6, 6.07) is 7.75. The number of halogens is 1. The standard InChI is InChI=1S/C21H31N3O2.ClH/c1-3-15(2)21(26)24-14-18-7-5-4-6-17(18)12-19(24)20(25)23-11-9-16-8-10-22-13-16;/h4-7,15-16,19,22H,3,8-14H2,1-2H3,(H,23,25);1H. The van der Waals surface area contributed by atoms with E-state index >= 15 is 0 Å². The van der Waals surface area contributed by atoms with Gasteiger partial charge in [0, 0.05) is 25.4 Å². The predicted molar refractivity (Wildman–Crippen MR) is 110 cm³/mol. The molecule has 0 aliphatic carbocycles. The molecule has 0 bridgehead atoms. The molecule has 2 amide bonds. The van der Waals surface area contributed by atoms with Crippen molar-refractivity contribution in [3.8, 4) is 0 Å². The van der Waals surface area contributed by atoms with E-state index in [2.05, 4.69) is 22.8 Å². The zero-order valence-electron chi connectivity index (χ0n) is 16.4. The van der Waals surface area contributed by atoms with Gasteiger partial charge in [-0.15, -0.1) is 12.4 Å². The van der Waals surface area contributed by atoms with Gasteiger partial charge >= 0.3 is 0 Å². The Morgan fingerprint density at radius 2 is 2.04 bits per heavy atom. The number of hydrogen-bond acceptors (Lipinski definition) is 3. The van der Waals surface area contributed by atoms with Gasteiger partial charge in [-0.25, -0.2) is 0 Å². The van der Waals surface area contributed by atoms with Crippen molar-refractivity contribution in [2.75, 3.05) is 19.6 Å². The Morgan fingerprint density at radius 1 is 1.30 bits per heavy atom. The van der Waals surface area contributed by atoms with Gasteiger partial charge in [-0.2, -0.15) is 0 Å². The van der Waals surface area contributed by atoms with Gasteiger partial charge in [-0.3, -0.25) is 9.59 Å². The molecule has 3 rings (SSSR count). The largest absolute Gasteiger partial charge is 0.354 e. The Labute approximate surface area is 168 Å². The van der Waals surface area contributed by atoms with E-state index in [1.54, 1.807) is 4.90 Å². The Kier molecular flexibility index (Phi) is 8.11. The van der Waals surface area contributed by atoms with E-state index in [9.17, 15) is 9.59 Å². The maximum Gasteiger partial charge on any atom is 0.243 e. The van der Waals surface area contributed by atoms with E-state index in [4.69, 9.17) is 0 Å². The van der Waals surface area contributed by atoms with Crippen LogP contribution in [0.5, 0.6) is 0 Å². The van der Waals surface area contributed by atoms with E-state index in [0.717, 1.165) is 31.5 Å². The van der Waals surface area contributed by atoms with Crippen LogP contribution in [-0.2, 0) is 22.6 Å². The Bertz CT molecular complexity index is 646. The molecule has 2 heterocycles. The van der Waals surface area contributed by atoms with E-state index in [1.807, 2.05) is 26.0 Å². The number of nitrogens with zero attached hydrogens (tertiary/aromatic N) is 1. The van der Waals surface area contributed by atoms with Gasteiger partial charge in [0.25, 0.3) is 0 Å². The zero-order valence-corrected chi connectivity index (χ0v) is 17.2. The first-order chi connectivity index (χ1) is 12.6. The second-order valence-electron chi connectivity index (χ2n) is 7.70. The molecule has 0 aromatic heterocycles. The lowest BCUT2D eigenvalue weighted by Gasteiger charge is -2.37. The molecule has 0 spiro atoms. The van der Waals surface area contributed by atoms with Crippen LogP contribution < -0.4 is 10.6 Å². The van der Waals surface area contributed by atoms with Crippen LogP contribution in [-0.4, -0.2) is 42.4 Å². The third kappa shape index (κ3) is 5.23. The van der Waals surface area contributed by atoms with Gasteiger partial charge in [-0.05, 0) is 49.4 Å². The summed E-state index contributed by atoms with van der Waals surface area (Å²) in [5, 5.41) is 6.45. The molecule has 1 aromatic carbocycles. The topological polar surface area (TPSA) is 61.4 Å². The van der Waals surface area contributed by atoms with Crippen LogP contribution >= 0.6 is 12.4 Å². The fraction of sp³-hybridized carbons (Fsp3) is 0.619. The lowest BCUT2D eigenvalue weighted by molar-refractivity contribution is -0.144. The van der Waals surface area contributed by atoms with E-state index in [0.29, 0.717) is 25.4 Å². The Hall–Kier alpha value is -1.59. The highest BCUT2D eigenvalue weighted by atomic mass is 35.5. The smallest absolute Gasteiger partial charge is 0.243 e. The van der Waals surface area contributed by atoms with Gasteiger partial charge in [0.15, 0.2) is 0 Å². The maximum atomic E-state index is 12.9. The average molecular weight is 394 g/mol. The van der Waals surface area contributed by atoms with Crippen molar-refractivity contribution in [3.63, 3.8) is 0 Å². The van der Waals surface area contributed by atoms with Crippen LogP contribution in [0.2, 0.25) is 0 Å². The molecule has 6 heteroatoms. The van der Waals surface area contributed by atoms with E-state index < -0.39 is 6.04 Å². The highest BCUT2D eigenvalue weighted by Gasteiger charge is 2.35. The highest BCUT2D eigenvalue weighted by molar-refractivity contribution is 5.89. The number of benzene rings is 1. The summed E-state index contributed by atoms with van der Waals surface area (Å²) < 4.78 is 0. The van der Waals surface area contributed by atoms with Gasteiger partial charge in [-0.1, -0.05) is 38.1 Å². The molecule has 5 nitrogen and oxygen atoms in total. The molecular formula is C21H32ClN3O2. The highest BCUT2D eigenvalue weighted by Crippen LogP contribution is 2.25. The number of nitrogens with one attached hydrogen (secondary N) is 2. The van der Waals surface area contributed by atoms with Gasteiger partial charge in [0.2, 0.25) is 11.8 Å². The van der Waals surface area contributed by atoms with Crippen LogP contribution in [0, 0.1) is 11.8 Å². The number of rotatable bonds is 6. The van der Waals surface area contributed by atoms with Gasteiger partial charge < -0.3 is 15.5 Å². The molecule has 3 atom stereocenters. The second-order valence-corrected chi connectivity index (χ2v) is 7.70. The minimum atomic E-state index is -0.395. The van der Waals surface area contributed by atoms with Gasteiger partial charge in [0.05, 0.1) is 0 Å². The maximum absolute atomic E-state index is 12.9. The quantitative estimate of drug-likeness (QED) is 0.780. The molecule has 2 aliphatic rings. The molecule has 27 heavy (non-hydrogen) atoms. The van der Waals surface area contributed by atoms with Crippen LogP contribution in [0.25, 0.3) is 0 Å². The summed E-state index contributed by atoms with van der Waals surface area (Å²) in [6.45, 7) is 7.31. The fourth-order valence-corrected chi connectivity index (χ4v) is 3.92. The third-order valence-electron chi connectivity index (χ3n) is 5.88. The zero-order chi connectivity index (χ0) is 18.5. The van der Waals surface area contributed by atoms with E-state index in [1.165, 1.54) is 12.0 Å². The van der Waals surface area contributed by atoms with Crippen molar-refractivity contribution in [2.45, 2.75) is 52.1 Å². The first-order valence-corrected chi connectivity index (χ1v) is 9.95. The number of carbonyl (C=O) groups excluding carboxylic acids is 2. The lowest BCUT2D eigenvalue weighted by Crippen LogP contribution is -2.54. The Balaban J connectivity index is 0.00000261. The molecule has 3 unspecified atom stereocenters. The van der Waals surface area contributed by atoms with E-state index in [-0.39, 0.29) is 30.1 Å². The van der Waals surface area contributed by atoms with Crippen LogP contribution in [0.1, 0.15) is 44.2 Å². The van der Waals surface area contributed by atoms with Crippen LogP contribution in [0.15, 0.2) is 24.3 Å². The van der Waals surface area contributed by atoms with Crippen molar-refractivity contribution in [1.82, 2.24) is 15.5 Å². The molecule has 1 aromatic rings. The summed E-state index contributed by atoms with van der Waals surface area (Å²) in [4.78, 5) is 27.6. The van der Waals surface area contributed by atoms with Crippen molar-refractivity contribution in [3.05, 3.63) is 35.4 Å². The number of amides is 2. The summed E-state index contributed by atoms with van der Waals surface area (Å²) in [5.41, 5.74) is 2.34. The number of fused-ring (bicyclic) bond motifs is 1. The molecule has 0 radical (unpaired) electrons. The summed E-state index contributed by atoms with van der Waals surface area (Å²) in [5.74, 6) is 0.671. The van der Waals surface area contributed by atoms with Crippen molar-refractivity contribution in [2.24, 2.45) is 11.8 Å². The first-order valence-electron chi connectivity index (χ1n) is 9.95. The van der Waals surface area contributed by atoms with Crippen LogP contribution in [0.3, 0.4) is 0 Å². The molecule has 1 saturated heterocycles. The number of hydrogen-bond donors (Lipinski definition) is 2. The molecule has 2 aliphatic heterocycles. The minimum Gasteiger partial charge on any atom is -0.354 e. The normalized spacial score (nSPS) is 22.5. The molecule has 150 valence electrons. The summed E-state index contributed by atoms with van der Waals surface area (Å²) >= 11 is 0. The van der Waals surface area contributed by atoms with Crippen LogP contribution in [0.4, 0.5) is 0 Å². The molecule has 2 N–H and O–H groups in total. The molecule has 0 saturated carbocycles. The SMILES string of the molecule is CCC(C)C(=O)N1Cc2ccccc2CC1C(=O)NCCC1CCNC1.Cl. The first kappa shape index (κ1) is 21.7. The number of carbonyl (C=O) groups is 2. The summed E-state index contributed by atoms with van der Waals surface area (Å²) in [6.07, 6.45) is 3.59.